The lowest BCUT2D eigenvalue weighted by Gasteiger charge is -2.22. The molecule has 4 heteroatoms. The highest BCUT2D eigenvalue weighted by molar-refractivity contribution is 6.35. The van der Waals surface area contributed by atoms with Crippen LogP contribution in [0.15, 0.2) is 42.5 Å². The molecule has 1 nitrogen and oxygen atoms in total. The average molecular weight is 312 g/mol. The number of rotatable bonds is 4. The van der Waals surface area contributed by atoms with Crippen LogP contribution in [0.4, 0.5) is 4.39 Å². The van der Waals surface area contributed by atoms with Gasteiger partial charge in [0.15, 0.2) is 0 Å². The minimum absolute atomic E-state index is 0.0436. The summed E-state index contributed by atoms with van der Waals surface area (Å²) in [7, 11) is 0. The van der Waals surface area contributed by atoms with Gasteiger partial charge in [0.1, 0.15) is 5.82 Å². The van der Waals surface area contributed by atoms with Crippen molar-refractivity contribution < 1.29 is 4.39 Å². The smallest absolute Gasteiger partial charge is 0.142 e. The van der Waals surface area contributed by atoms with Crippen LogP contribution in [0.25, 0.3) is 0 Å². The molecular formula is C16H16Cl2FN. The maximum atomic E-state index is 13.6. The van der Waals surface area contributed by atoms with Crippen molar-refractivity contribution in [1.82, 2.24) is 5.32 Å². The minimum atomic E-state index is -0.452. The number of hydrogen-bond donors (Lipinski definition) is 1. The van der Waals surface area contributed by atoms with Gasteiger partial charge in [-0.3, -0.25) is 0 Å². The van der Waals surface area contributed by atoms with Gasteiger partial charge in [0.05, 0.1) is 5.02 Å². The quantitative estimate of drug-likeness (QED) is 0.730. The molecule has 0 bridgehead atoms. The normalized spacial score (nSPS) is 14.1. The summed E-state index contributed by atoms with van der Waals surface area (Å²) in [5.41, 5.74) is 1.88. The maximum absolute atomic E-state index is 13.6. The first-order valence-corrected chi connectivity index (χ1v) is 7.20. The van der Waals surface area contributed by atoms with E-state index < -0.39 is 5.82 Å². The Hall–Kier alpha value is -1.09. The fraction of sp³-hybridized carbons (Fsp3) is 0.250. The van der Waals surface area contributed by atoms with Crippen LogP contribution < -0.4 is 5.32 Å². The molecular weight excluding hydrogens is 296 g/mol. The Morgan fingerprint density at radius 2 is 1.60 bits per heavy atom. The third-order valence-corrected chi connectivity index (χ3v) is 3.92. The molecule has 2 atom stereocenters. The Labute approximate surface area is 128 Å². The molecule has 0 aliphatic heterocycles. The Morgan fingerprint density at radius 1 is 0.950 bits per heavy atom. The average Bonchev–Trinajstić information content (AvgIpc) is 2.43. The Bertz CT molecular complexity index is 587. The maximum Gasteiger partial charge on any atom is 0.142 e. The van der Waals surface area contributed by atoms with Crippen LogP contribution in [0.5, 0.6) is 0 Å². The highest BCUT2D eigenvalue weighted by Gasteiger charge is 2.16. The molecule has 0 aliphatic rings. The third-order valence-electron chi connectivity index (χ3n) is 3.31. The fourth-order valence-electron chi connectivity index (χ4n) is 2.17. The van der Waals surface area contributed by atoms with E-state index in [1.54, 1.807) is 0 Å². The van der Waals surface area contributed by atoms with Crippen molar-refractivity contribution in [3.8, 4) is 0 Å². The van der Waals surface area contributed by atoms with Crippen molar-refractivity contribution in [3.05, 3.63) is 69.5 Å². The zero-order valence-corrected chi connectivity index (χ0v) is 12.8. The van der Waals surface area contributed by atoms with Crippen molar-refractivity contribution in [2.75, 3.05) is 0 Å². The minimum Gasteiger partial charge on any atom is -0.304 e. The van der Waals surface area contributed by atoms with E-state index in [0.717, 1.165) is 0 Å². The molecule has 1 unspecified atom stereocenters. The molecule has 0 aliphatic carbocycles. The predicted molar refractivity (Wildman–Crippen MR) is 82.8 cm³/mol. The van der Waals surface area contributed by atoms with Crippen LogP contribution >= 0.6 is 23.2 Å². The van der Waals surface area contributed by atoms with E-state index in [4.69, 9.17) is 23.2 Å². The van der Waals surface area contributed by atoms with Gasteiger partial charge < -0.3 is 5.32 Å². The standard InChI is InChI=1S/C16H16Cl2FN/c1-10(12-6-4-3-5-7-12)20-11(2)13-8-16(19)15(18)9-14(13)17/h3-11,20H,1-2H3/t10-,11?/m1/s1. The second kappa shape index (κ2) is 6.57. The van der Waals surface area contributed by atoms with Crippen LogP contribution in [-0.4, -0.2) is 0 Å². The first-order chi connectivity index (χ1) is 9.49. The number of hydrogen-bond acceptors (Lipinski definition) is 1. The molecule has 2 aromatic carbocycles. The first kappa shape index (κ1) is 15.3. The highest BCUT2D eigenvalue weighted by atomic mass is 35.5. The molecule has 0 saturated carbocycles. The fourth-order valence-corrected chi connectivity index (χ4v) is 2.72. The largest absolute Gasteiger partial charge is 0.304 e. The Morgan fingerprint density at radius 3 is 2.25 bits per heavy atom. The molecule has 2 aromatic rings. The Kier molecular flexibility index (Phi) is 5.03. The lowest BCUT2D eigenvalue weighted by Crippen LogP contribution is -2.22. The molecule has 0 saturated heterocycles. The zero-order valence-electron chi connectivity index (χ0n) is 11.3. The van der Waals surface area contributed by atoms with Crippen LogP contribution in [0, 0.1) is 5.82 Å². The van der Waals surface area contributed by atoms with E-state index in [1.807, 2.05) is 25.1 Å². The molecule has 0 amide bonds. The lowest BCUT2D eigenvalue weighted by molar-refractivity contribution is 0.492. The van der Waals surface area contributed by atoms with E-state index in [2.05, 4.69) is 24.4 Å². The van der Waals surface area contributed by atoms with E-state index in [-0.39, 0.29) is 17.1 Å². The van der Waals surface area contributed by atoms with E-state index in [0.29, 0.717) is 10.6 Å². The molecule has 106 valence electrons. The first-order valence-electron chi connectivity index (χ1n) is 6.44. The zero-order chi connectivity index (χ0) is 14.7. The summed E-state index contributed by atoms with van der Waals surface area (Å²) in [5, 5.41) is 3.92. The van der Waals surface area contributed by atoms with Gasteiger partial charge in [0.2, 0.25) is 0 Å². The third kappa shape index (κ3) is 3.51. The molecule has 0 fully saturated rings. The predicted octanol–water partition coefficient (Wildman–Crippen LogP) is 5.54. The lowest BCUT2D eigenvalue weighted by atomic mass is 10.0. The van der Waals surface area contributed by atoms with Gasteiger partial charge in [-0.25, -0.2) is 4.39 Å². The van der Waals surface area contributed by atoms with Crippen molar-refractivity contribution in [2.24, 2.45) is 0 Å². The summed E-state index contributed by atoms with van der Waals surface area (Å²) in [5.74, 6) is -0.452. The van der Waals surface area contributed by atoms with Crippen LogP contribution in [0.3, 0.4) is 0 Å². The van der Waals surface area contributed by atoms with Gasteiger partial charge >= 0.3 is 0 Å². The monoisotopic (exact) mass is 311 g/mol. The van der Waals surface area contributed by atoms with E-state index in [9.17, 15) is 4.39 Å². The van der Waals surface area contributed by atoms with E-state index in [1.165, 1.54) is 17.7 Å². The van der Waals surface area contributed by atoms with Gasteiger partial charge in [-0.2, -0.15) is 0 Å². The second-order valence-corrected chi connectivity index (χ2v) is 5.62. The molecule has 0 heterocycles. The van der Waals surface area contributed by atoms with Crippen molar-refractivity contribution in [1.29, 1.82) is 0 Å². The van der Waals surface area contributed by atoms with E-state index >= 15 is 0 Å². The van der Waals surface area contributed by atoms with Crippen LogP contribution in [0.2, 0.25) is 10.0 Å². The number of benzene rings is 2. The molecule has 0 aromatic heterocycles. The van der Waals surface area contributed by atoms with Gasteiger partial charge in [0, 0.05) is 17.1 Å². The summed E-state index contributed by atoms with van der Waals surface area (Å²) < 4.78 is 13.6. The summed E-state index contributed by atoms with van der Waals surface area (Å²) in [4.78, 5) is 0. The molecule has 2 rings (SSSR count). The number of halogens is 3. The summed E-state index contributed by atoms with van der Waals surface area (Å²) in [6.45, 7) is 4.01. The summed E-state index contributed by atoms with van der Waals surface area (Å²) >= 11 is 11.8. The summed E-state index contributed by atoms with van der Waals surface area (Å²) in [6, 6.07) is 13.0. The van der Waals surface area contributed by atoms with Crippen molar-refractivity contribution in [2.45, 2.75) is 25.9 Å². The summed E-state index contributed by atoms with van der Waals surface area (Å²) in [6.07, 6.45) is 0. The number of nitrogens with one attached hydrogen (secondary N) is 1. The highest BCUT2D eigenvalue weighted by Crippen LogP contribution is 2.29. The van der Waals surface area contributed by atoms with Gasteiger partial charge in [-0.15, -0.1) is 0 Å². The second-order valence-electron chi connectivity index (χ2n) is 4.81. The van der Waals surface area contributed by atoms with Gasteiger partial charge in [-0.1, -0.05) is 53.5 Å². The SMILES string of the molecule is CC(N[C@H](C)c1ccccc1)c1cc(F)c(Cl)cc1Cl. The Balaban J connectivity index is 2.16. The van der Waals surface area contributed by atoms with Crippen molar-refractivity contribution in [3.63, 3.8) is 0 Å². The molecule has 20 heavy (non-hydrogen) atoms. The van der Waals surface area contributed by atoms with Crippen molar-refractivity contribution >= 4 is 23.2 Å². The molecule has 0 radical (unpaired) electrons. The van der Waals surface area contributed by atoms with Gasteiger partial charge in [0.25, 0.3) is 0 Å². The molecule has 0 spiro atoms. The van der Waals surface area contributed by atoms with Gasteiger partial charge in [-0.05, 0) is 37.1 Å². The molecule has 1 N–H and O–H groups in total. The topological polar surface area (TPSA) is 12.0 Å². The van der Waals surface area contributed by atoms with Crippen LogP contribution in [0.1, 0.15) is 37.1 Å². The van der Waals surface area contributed by atoms with Crippen LogP contribution in [-0.2, 0) is 0 Å².